The van der Waals surface area contributed by atoms with Gasteiger partial charge in [0.2, 0.25) is 5.89 Å². The van der Waals surface area contributed by atoms with Crippen molar-refractivity contribution in [1.82, 2.24) is 4.98 Å². The van der Waals surface area contributed by atoms with E-state index in [4.69, 9.17) is 4.42 Å². The number of hydrogen-bond acceptors (Lipinski definition) is 5. The normalized spacial score (nSPS) is 10.8. The van der Waals surface area contributed by atoms with Gasteiger partial charge in [-0.15, -0.1) is 0 Å². The van der Waals surface area contributed by atoms with Gasteiger partial charge in [-0.05, 0) is 30.3 Å². The maximum atomic E-state index is 10.8. The Morgan fingerprint density at radius 1 is 1.14 bits per heavy atom. The van der Waals surface area contributed by atoms with Gasteiger partial charge in [0, 0.05) is 37.5 Å². The monoisotopic (exact) mass is 283 g/mol. The van der Waals surface area contributed by atoms with E-state index in [0.29, 0.717) is 17.0 Å². The Labute approximate surface area is 120 Å². The molecule has 0 aliphatic rings. The summed E-state index contributed by atoms with van der Waals surface area (Å²) in [4.78, 5) is 16.6. The van der Waals surface area contributed by atoms with E-state index < -0.39 is 4.92 Å². The third-order valence-corrected chi connectivity index (χ3v) is 3.21. The van der Waals surface area contributed by atoms with Gasteiger partial charge in [-0.1, -0.05) is 0 Å². The zero-order valence-electron chi connectivity index (χ0n) is 11.6. The molecule has 0 radical (unpaired) electrons. The standard InChI is InChI=1S/C15H13N3O3/c1-17(2)11-5-3-10(4-6-11)15-16-13-9-12(18(19)20)7-8-14(13)21-15/h3-9H,1-2H3. The van der Waals surface area contributed by atoms with Crippen molar-refractivity contribution in [1.29, 1.82) is 0 Å². The number of rotatable bonds is 3. The number of anilines is 1. The zero-order chi connectivity index (χ0) is 15.0. The number of hydrogen-bond donors (Lipinski definition) is 0. The van der Waals surface area contributed by atoms with E-state index in [1.807, 2.05) is 43.3 Å². The SMILES string of the molecule is CN(C)c1ccc(-c2nc3cc([N+](=O)[O-])ccc3o2)cc1. The zero-order valence-corrected chi connectivity index (χ0v) is 11.6. The van der Waals surface area contributed by atoms with Crippen molar-refractivity contribution in [3.8, 4) is 11.5 Å². The van der Waals surface area contributed by atoms with Crippen LogP contribution < -0.4 is 4.90 Å². The summed E-state index contributed by atoms with van der Waals surface area (Å²) in [7, 11) is 3.93. The van der Waals surface area contributed by atoms with Gasteiger partial charge in [-0.3, -0.25) is 10.1 Å². The Balaban J connectivity index is 2.02. The number of benzene rings is 2. The molecule has 0 saturated heterocycles. The fraction of sp³-hybridized carbons (Fsp3) is 0.133. The molecule has 3 rings (SSSR count). The van der Waals surface area contributed by atoms with Crippen molar-refractivity contribution in [2.24, 2.45) is 0 Å². The molecule has 0 bridgehead atoms. The van der Waals surface area contributed by atoms with Crippen LogP contribution in [0.3, 0.4) is 0 Å². The highest BCUT2D eigenvalue weighted by atomic mass is 16.6. The average Bonchev–Trinajstić information content (AvgIpc) is 2.90. The Kier molecular flexibility index (Phi) is 3.06. The van der Waals surface area contributed by atoms with Crippen LogP contribution in [0.1, 0.15) is 0 Å². The number of nitro benzene ring substituents is 1. The van der Waals surface area contributed by atoms with Crippen molar-refractivity contribution in [2.45, 2.75) is 0 Å². The van der Waals surface area contributed by atoms with E-state index >= 15 is 0 Å². The molecule has 0 fully saturated rings. The fourth-order valence-electron chi connectivity index (χ4n) is 2.06. The number of nitro groups is 1. The maximum absolute atomic E-state index is 10.8. The third-order valence-electron chi connectivity index (χ3n) is 3.21. The summed E-state index contributed by atoms with van der Waals surface area (Å²) in [5.74, 6) is 0.454. The van der Waals surface area contributed by atoms with Gasteiger partial charge in [-0.2, -0.15) is 0 Å². The van der Waals surface area contributed by atoms with Gasteiger partial charge < -0.3 is 9.32 Å². The average molecular weight is 283 g/mol. The highest BCUT2D eigenvalue weighted by Gasteiger charge is 2.12. The van der Waals surface area contributed by atoms with Crippen LogP contribution in [0.2, 0.25) is 0 Å². The molecule has 21 heavy (non-hydrogen) atoms. The minimum absolute atomic E-state index is 0.00491. The van der Waals surface area contributed by atoms with Crippen LogP contribution in [0.4, 0.5) is 11.4 Å². The molecule has 1 aromatic heterocycles. The first kappa shape index (κ1) is 13.1. The second-order valence-electron chi connectivity index (χ2n) is 4.87. The minimum Gasteiger partial charge on any atom is -0.436 e. The predicted molar refractivity (Wildman–Crippen MR) is 80.4 cm³/mol. The molecule has 2 aromatic carbocycles. The lowest BCUT2D eigenvalue weighted by Gasteiger charge is -2.11. The summed E-state index contributed by atoms with van der Waals surface area (Å²) < 4.78 is 5.64. The molecule has 6 nitrogen and oxygen atoms in total. The van der Waals surface area contributed by atoms with Crippen molar-refractivity contribution in [3.63, 3.8) is 0 Å². The molecule has 3 aromatic rings. The highest BCUT2D eigenvalue weighted by Crippen LogP contribution is 2.27. The molecule has 0 amide bonds. The number of non-ortho nitro benzene ring substituents is 1. The topological polar surface area (TPSA) is 72.4 Å². The Morgan fingerprint density at radius 2 is 1.86 bits per heavy atom. The molecule has 106 valence electrons. The van der Waals surface area contributed by atoms with Gasteiger partial charge in [0.25, 0.3) is 5.69 Å². The largest absolute Gasteiger partial charge is 0.436 e. The number of oxazole rings is 1. The maximum Gasteiger partial charge on any atom is 0.271 e. The lowest BCUT2D eigenvalue weighted by molar-refractivity contribution is -0.384. The fourth-order valence-corrected chi connectivity index (χ4v) is 2.06. The first-order chi connectivity index (χ1) is 10.0. The lowest BCUT2D eigenvalue weighted by Crippen LogP contribution is -2.07. The molecule has 0 aliphatic carbocycles. The van der Waals surface area contributed by atoms with Gasteiger partial charge >= 0.3 is 0 Å². The van der Waals surface area contributed by atoms with E-state index in [9.17, 15) is 10.1 Å². The Morgan fingerprint density at radius 3 is 2.48 bits per heavy atom. The van der Waals surface area contributed by atoms with Crippen LogP contribution >= 0.6 is 0 Å². The highest BCUT2D eigenvalue weighted by molar-refractivity contribution is 5.78. The molecular weight excluding hydrogens is 270 g/mol. The van der Waals surface area contributed by atoms with Gasteiger partial charge in [0.15, 0.2) is 5.58 Å². The quantitative estimate of drug-likeness (QED) is 0.543. The van der Waals surface area contributed by atoms with Crippen LogP contribution in [-0.4, -0.2) is 24.0 Å². The molecule has 0 spiro atoms. The lowest BCUT2D eigenvalue weighted by atomic mass is 10.2. The number of nitrogens with zero attached hydrogens (tertiary/aromatic N) is 3. The first-order valence-corrected chi connectivity index (χ1v) is 6.37. The molecule has 1 heterocycles. The van der Waals surface area contributed by atoms with E-state index in [2.05, 4.69) is 4.98 Å². The summed E-state index contributed by atoms with van der Waals surface area (Å²) in [6, 6.07) is 12.1. The van der Waals surface area contributed by atoms with E-state index in [-0.39, 0.29) is 5.69 Å². The van der Waals surface area contributed by atoms with Crippen LogP contribution in [-0.2, 0) is 0 Å². The van der Waals surface area contributed by atoms with Crippen molar-refractivity contribution >= 4 is 22.5 Å². The van der Waals surface area contributed by atoms with Gasteiger partial charge in [0.1, 0.15) is 5.52 Å². The van der Waals surface area contributed by atoms with Crippen LogP contribution in [0.15, 0.2) is 46.9 Å². The second kappa shape index (κ2) is 4.90. The van der Waals surface area contributed by atoms with Crippen LogP contribution in [0.5, 0.6) is 0 Å². The number of fused-ring (bicyclic) bond motifs is 1. The summed E-state index contributed by atoms with van der Waals surface area (Å²) in [6.07, 6.45) is 0. The summed E-state index contributed by atoms with van der Waals surface area (Å²) in [5.41, 5.74) is 2.93. The summed E-state index contributed by atoms with van der Waals surface area (Å²) in [5, 5.41) is 10.8. The van der Waals surface area contributed by atoms with E-state index in [0.717, 1.165) is 11.3 Å². The second-order valence-corrected chi connectivity index (χ2v) is 4.87. The molecule has 0 aliphatic heterocycles. The third kappa shape index (κ3) is 2.43. The molecule has 6 heteroatoms. The molecular formula is C15H13N3O3. The van der Waals surface area contributed by atoms with E-state index in [1.54, 1.807) is 6.07 Å². The number of aromatic nitrogens is 1. The molecule has 0 saturated carbocycles. The van der Waals surface area contributed by atoms with Crippen molar-refractivity contribution < 1.29 is 9.34 Å². The van der Waals surface area contributed by atoms with E-state index in [1.165, 1.54) is 12.1 Å². The molecule has 0 atom stereocenters. The van der Waals surface area contributed by atoms with Crippen LogP contribution in [0, 0.1) is 10.1 Å². The summed E-state index contributed by atoms with van der Waals surface area (Å²) >= 11 is 0. The van der Waals surface area contributed by atoms with Gasteiger partial charge in [0.05, 0.1) is 4.92 Å². The van der Waals surface area contributed by atoms with Gasteiger partial charge in [-0.25, -0.2) is 4.98 Å². The smallest absolute Gasteiger partial charge is 0.271 e. The van der Waals surface area contributed by atoms with Crippen LogP contribution in [0.25, 0.3) is 22.6 Å². The molecule has 0 N–H and O–H groups in total. The Bertz CT molecular complexity index is 807. The minimum atomic E-state index is -0.445. The summed E-state index contributed by atoms with van der Waals surface area (Å²) in [6.45, 7) is 0. The Hall–Kier alpha value is -2.89. The first-order valence-electron chi connectivity index (χ1n) is 6.37. The predicted octanol–water partition coefficient (Wildman–Crippen LogP) is 3.47. The molecule has 0 unspecified atom stereocenters. The van der Waals surface area contributed by atoms with Crippen molar-refractivity contribution in [3.05, 3.63) is 52.6 Å². The van der Waals surface area contributed by atoms with Crippen molar-refractivity contribution in [2.75, 3.05) is 19.0 Å².